The molecule has 0 aliphatic carbocycles. The quantitative estimate of drug-likeness (QED) is 0.00750. The van der Waals surface area contributed by atoms with Gasteiger partial charge in [0.05, 0.1) is 42.1 Å². The summed E-state index contributed by atoms with van der Waals surface area (Å²) in [6, 6.07) is 13.5. The molecule has 3 aromatic carbocycles. The number of esters is 1. The van der Waals surface area contributed by atoms with E-state index < -0.39 is 210 Å². The van der Waals surface area contributed by atoms with Crippen molar-refractivity contribution in [1.29, 1.82) is 16.2 Å². The first-order chi connectivity index (χ1) is 62.1. The number of guanidine groups is 3. The van der Waals surface area contributed by atoms with Crippen molar-refractivity contribution in [3.05, 3.63) is 107 Å². The molecule has 0 bridgehead atoms. The zero-order valence-corrected chi connectivity index (χ0v) is 77.0. The van der Waals surface area contributed by atoms with Crippen molar-refractivity contribution in [2.24, 2.45) is 75.8 Å². The van der Waals surface area contributed by atoms with Crippen LogP contribution in [0.4, 0.5) is 0 Å². The first-order valence-corrected chi connectivity index (χ1v) is 46.3. The minimum atomic E-state index is -1.64. The van der Waals surface area contributed by atoms with Gasteiger partial charge in [0.25, 0.3) is 0 Å². The molecule has 5 rings (SSSR count). The van der Waals surface area contributed by atoms with Crippen LogP contribution in [-0.4, -0.2) is 217 Å². The maximum Gasteiger partial charge on any atom is 0.326 e. The number of likely N-dealkylation sites (tertiary alicyclic amines) is 1. The highest BCUT2D eigenvalue weighted by molar-refractivity contribution is 8.00. The van der Waals surface area contributed by atoms with Gasteiger partial charge in [-0.15, -0.1) is 11.8 Å². The second-order valence-corrected chi connectivity index (χ2v) is 36.0. The summed E-state index contributed by atoms with van der Waals surface area (Å²) in [4.78, 5) is 217. The van der Waals surface area contributed by atoms with Gasteiger partial charge in [-0.25, -0.2) is 4.79 Å². The van der Waals surface area contributed by atoms with E-state index in [1.165, 1.54) is 12.1 Å². The molecule has 13 atom stereocenters. The van der Waals surface area contributed by atoms with Gasteiger partial charge in [0.1, 0.15) is 17.9 Å². The molecule has 38 nitrogen and oxygen atoms in total. The molecule has 0 spiro atoms. The first-order valence-electron chi connectivity index (χ1n) is 45.2. The van der Waals surface area contributed by atoms with Gasteiger partial charge in [-0.3, -0.25) is 88.3 Å². The number of carboxylic acids is 1. The molecule has 1 fully saturated rings. The van der Waals surface area contributed by atoms with Gasteiger partial charge in [0.15, 0.2) is 47.3 Å². The van der Waals surface area contributed by atoms with Gasteiger partial charge in [0.2, 0.25) is 47.3 Å². The van der Waals surface area contributed by atoms with Gasteiger partial charge in [0, 0.05) is 130 Å². The van der Waals surface area contributed by atoms with Crippen LogP contribution >= 0.6 is 11.8 Å². The second kappa shape index (κ2) is 57.6. The number of aliphatic carboxylic acids is 1. The van der Waals surface area contributed by atoms with Crippen LogP contribution in [0.15, 0.2) is 85.1 Å². The number of imide groups is 1. The Morgan fingerprint density at radius 1 is 0.527 bits per heavy atom. The van der Waals surface area contributed by atoms with Crippen molar-refractivity contribution in [1.82, 2.24) is 52.4 Å². The fourth-order valence-electron chi connectivity index (χ4n) is 15.4. The van der Waals surface area contributed by atoms with Gasteiger partial charge < -0.3 is 102 Å². The number of ketones is 5. The number of thioether (sulfide) groups is 1. The van der Waals surface area contributed by atoms with Crippen LogP contribution in [0.5, 0.6) is 0 Å². The first kappa shape index (κ1) is 110. The molecule has 0 saturated carbocycles. The SMILES string of the molecule is CC[C@H](C)[C@H](N)C(=O)N[C@@H](Cc1ccccc1)C(=O)C[C@@H](CC(C)C)C(=O)N[C@@H](CC(C)C)C(=O)C[C@@H](Cc1c[nH]c2ccccc12)C(=O)N[C@@H](CCC(N)=O)C(=O)C[C@@H](CCCNC(=N)N)C(=O)N[C@@H](CSC1CC(=O)N(CCCCCC(=O)CCCCOC(=O)[C@@H](N)Cc2ccc(C(O)O)cc2)C1=O)C(=O)C[C@@H](CCCNC(=N)N)C(=O)N[C@@H](CCCNC(=N)N)C(=O)O. The number of aromatic amines is 1. The van der Waals surface area contributed by atoms with Gasteiger partial charge in [-0.1, -0.05) is 127 Å². The molecule has 1 saturated heterocycles. The monoisotopic (exact) mass is 1850 g/mol. The third-order valence-electron chi connectivity index (χ3n) is 23.0. The van der Waals surface area contributed by atoms with Crippen molar-refractivity contribution in [3.8, 4) is 0 Å². The number of Topliss-reactive ketones (excluding diaryl/α,β-unsaturated/α-hetero) is 5. The number of aliphatic hydroxyl groups excluding tert-OH is 1. The minimum Gasteiger partial charge on any atom is -0.480 e. The predicted molar refractivity (Wildman–Crippen MR) is 495 cm³/mol. The molecular weight excluding hydrogens is 1710 g/mol. The maximum absolute atomic E-state index is 15.5. The Bertz CT molecular complexity index is 4490. The molecule has 131 heavy (non-hydrogen) atoms. The topological polar surface area (TPSA) is 669 Å². The Balaban J connectivity index is 1.43. The van der Waals surface area contributed by atoms with Crippen LogP contribution in [0, 0.1) is 57.7 Å². The largest absolute Gasteiger partial charge is 0.480 e. The standard InChI is InChI=1S/C92H139N19O19S/c1-7-55(6)80(95)85(123)109-71(44-56-21-10-8-11-22-56)75(115)48-61(41-53(2)3)83(121)108-70(42-54(4)5)74(114)49-62(45-63-51-105-67-28-14-13-27-65(63)67)84(122)106-68(34-35-78(94)117)73(113)46-59(23-18-36-102-90(96)97)82(120)110-72(76(116)47-60(24-19-37-103-91(98)99)81(119)107-69(88(127)128)29-20-38-104-92(100)101)52-131-77-50-79(118)111(86(77)124)39-16-9-12-25-64(112)26-15-17-40-130-89(129)66(93)43-57-30-32-58(33-31-57)87(125)126/h8,10-11,13-14,21-22,27-28,30-33,51,53-55,59-62,66,68-72,77,80,87,105,125-126H,7,9,12,15-20,23-26,29,34-50,52,93,95H2,1-6H3,(H2,94,117)(H,106,122)(H,107,119)(H,108,121)(H,109,123)(H,110,120)(H,127,128)(H4,96,97,102)(H4,98,99,103)(H4,100,101,104)/t55-,59+,60+,61+,62+,66-,68-,69-,70-,71-,72-,77?,80-/m0/s1. The van der Waals surface area contributed by atoms with E-state index >= 15 is 24.0 Å². The number of benzene rings is 3. The molecule has 1 unspecified atom stereocenters. The number of unbranched alkanes of at least 4 members (excludes halogenated alkanes) is 3. The van der Waals surface area contributed by atoms with Crippen LogP contribution in [-0.2, 0) is 95.9 Å². The Labute approximate surface area is 769 Å². The number of carboxylic acid groups (broad SMARTS) is 1. The number of hydrogen-bond donors (Lipinski definition) is 21. The predicted octanol–water partition coefficient (Wildman–Crippen LogP) is 3.54. The summed E-state index contributed by atoms with van der Waals surface area (Å²) < 4.78 is 5.32. The molecule has 1 aromatic heterocycles. The maximum atomic E-state index is 15.5. The summed E-state index contributed by atoms with van der Waals surface area (Å²) >= 11 is 0.849. The molecule has 27 N–H and O–H groups in total. The Hall–Kier alpha value is -11.5. The van der Waals surface area contributed by atoms with E-state index in [9.17, 15) is 63.3 Å². The third kappa shape index (κ3) is 40.4. The van der Waals surface area contributed by atoms with E-state index in [2.05, 4.69) is 47.5 Å². The van der Waals surface area contributed by atoms with E-state index in [4.69, 9.17) is 55.4 Å². The van der Waals surface area contributed by atoms with Crippen LogP contribution in [0.3, 0.4) is 0 Å². The van der Waals surface area contributed by atoms with E-state index in [-0.39, 0.29) is 164 Å². The number of ether oxygens (including phenoxy) is 1. The number of para-hydroxylation sites is 1. The normalized spacial score (nSPS) is 15.4. The number of hydrogen-bond acceptors (Lipinski definition) is 24. The third-order valence-corrected chi connectivity index (χ3v) is 24.3. The van der Waals surface area contributed by atoms with Crippen molar-refractivity contribution in [3.63, 3.8) is 0 Å². The molecule has 39 heteroatoms. The fourth-order valence-corrected chi connectivity index (χ4v) is 16.6. The lowest BCUT2D eigenvalue weighted by molar-refractivity contribution is -0.145. The minimum absolute atomic E-state index is 0.0214. The van der Waals surface area contributed by atoms with E-state index in [1.54, 1.807) is 54.7 Å². The van der Waals surface area contributed by atoms with Crippen LogP contribution < -0.4 is 76.9 Å². The molecule has 2 heterocycles. The molecule has 1 aliphatic rings. The number of nitrogens with one attached hydrogen (secondary N) is 12. The number of H-pyrrole nitrogens is 1. The number of aromatic nitrogens is 1. The number of carbonyl (C=O) groups excluding carboxylic acids is 14. The molecule has 722 valence electrons. The highest BCUT2D eigenvalue weighted by Crippen LogP contribution is 2.31. The van der Waals surface area contributed by atoms with Crippen LogP contribution in [0.2, 0.25) is 0 Å². The van der Waals surface area contributed by atoms with Crippen molar-refractivity contribution < 1.29 is 92.0 Å². The average molecular weight is 1850 g/mol. The van der Waals surface area contributed by atoms with E-state index in [0.29, 0.717) is 60.6 Å². The second-order valence-electron chi connectivity index (χ2n) is 34.8. The van der Waals surface area contributed by atoms with Crippen molar-refractivity contribution in [2.75, 3.05) is 38.5 Å². The van der Waals surface area contributed by atoms with E-state index in [0.717, 1.165) is 22.2 Å². The number of primary amides is 1. The zero-order valence-electron chi connectivity index (χ0n) is 76.1. The summed E-state index contributed by atoms with van der Waals surface area (Å²) in [6.45, 7) is 11.2. The lowest BCUT2D eigenvalue weighted by atomic mass is 9.86. The lowest BCUT2D eigenvalue weighted by Gasteiger charge is -2.28. The zero-order chi connectivity index (χ0) is 97.0. The average Bonchev–Trinajstić information content (AvgIpc) is 1.71. The molecule has 1 aliphatic heterocycles. The Kier molecular flexibility index (Phi) is 48.3. The van der Waals surface area contributed by atoms with Gasteiger partial charge in [-0.05, 0) is 143 Å². The van der Waals surface area contributed by atoms with Gasteiger partial charge >= 0.3 is 11.9 Å². The van der Waals surface area contributed by atoms with Crippen LogP contribution in [0.25, 0.3) is 10.9 Å². The number of rotatable bonds is 66. The molecule has 4 aromatic rings. The van der Waals surface area contributed by atoms with Crippen molar-refractivity contribution in [2.45, 2.75) is 262 Å². The summed E-state index contributed by atoms with van der Waals surface area (Å²) in [7, 11) is 0. The van der Waals surface area contributed by atoms with Gasteiger partial charge in [-0.2, -0.15) is 0 Å². The number of nitrogens with two attached hydrogens (primary N) is 6. The van der Waals surface area contributed by atoms with E-state index in [1.807, 2.05) is 59.7 Å². The highest BCUT2D eigenvalue weighted by atomic mass is 32.2. The van der Waals surface area contributed by atoms with Crippen molar-refractivity contribution >= 4 is 129 Å². The fraction of sp³-hybridized carbons (Fsp3) is 0.587. The lowest BCUT2D eigenvalue weighted by Crippen LogP contribution is -2.52. The number of carbonyl (C=O) groups is 15. The smallest absolute Gasteiger partial charge is 0.326 e. The number of fused-ring (bicyclic) bond motifs is 1. The molecule has 0 radical (unpaired) electrons. The highest BCUT2D eigenvalue weighted by Gasteiger charge is 2.42. The summed E-state index contributed by atoms with van der Waals surface area (Å²) in [5.74, 6) is -18.0. The summed E-state index contributed by atoms with van der Waals surface area (Å²) in [5, 5.41) is 73.3. The number of amides is 8. The Morgan fingerprint density at radius 2 is 1.02 bits per heavy atom. The summed E-state index contributed by atoms with van der Waals surface area (Å²) in [5.41, 5.74) is 37.8. The molecule has 8 amide bonds. The summed E-state index contributed by atoms with van der Waals surface area (Å²) in [6.07, 6.45) is -0.320. The number of aliphatic hydroxyl groups is 2. The Morgan fingerprint density at radius 3 is 1.60 bits per heavy atom. The molecular formula is C92H139N19O19S. The van der Waals surface area contributed by atoms with Crippen LogP contribution in [0.1, 0.15) is 218 Å². The number of nitrogens with zero attached hydrogens (tertiary/aromatic N) is 1.